The molecular weight excluding hydrogens is 370 g/mol. The van der Waals surface area contributed by atoms with Crippen LogP contribution in [-0.2, 0) is 10.0 Å². The summed E-state index contributed by atoms with van der Waals surface area (Å²) in [6, 6.07) is 7.62. The smallest absolute Gasteiger partial charge is 0.243 e. The van der Waals surface area contributed by atoms with Crippen LogP contribution >= 0.6 is 11.6 Å². The van der Waals surface area contributed by atoms with E-state index in [0.717, 1.165) is 19.6 Å². The maximum absolute atomic E-state index is 12.8. The van der Waals surface area contributed by atoms with Crippen molar-refractivity contribution < 1.29 is 8.42 Å². The van der Waals surface area contributed by atoms with Crippen molar-refractivity contribution in [3.05, 3.63) is 29.3 Å². The van der Waals surface area contributed by atoms with Gasteiger partial charge in [0.15, 0.2) is 0 Å². The lowest BCUT2D eigenvalue weighted by molar-refractivity contribution is 0.0669. The highest BCUT2D eigenvalue weighted by atomic mass is 35.5. The van der Waals surface area contributed by atoms with Gasteiger partial charge >= 0.3 is 0 Å². The van der Waals surface area contributed by atoms with Gasteiger partial charge in [-0.15, -0.1) is 0 Å². The minimum atomic E-state index is -3.42. The van der Waals surface area contributed by atoms with Gasteiger partial charge < -0.3 is 0 Å². The third-order valence-corrected chi connectivity index (χ3v) is 7.75. The molecule has 2 aliphatic heterocycles. The molecule has 0 spiro atoms. The fourth-order valence-corrected chi connectivity index (χ4v) is 5.65. The Labute approximate surface area is 163 Å². The van der Waals surface area contributed by atoms with E-state index in [4.69, 9.17) is 11.6 Å². The predicted octanol–water partition coefficient (Wildman–Crippen LogP) is 2.91. The third kappa shape index (κ3) is 4.60. The van der Waals surface area contributed by atoms with Crippen LogP contribution in [0.2, 0.25) is 5.02 Å². The average molecular weight is 400 g/mol. The second-order valence-corrected chi connectivity index (χ2v) is 10.0. The standard InChI is InChI=1S/C19H30ClN3O2S/c1-16(2)23-10-4-3-5-18(23)15-21-11-13-22(14-12-21)26(24,25)19-8-6-17(20)7-9-19/h6-9,16,18H,3-5,10-15H2,1-2H3/t18-/m0/s1. The van der Waals surface area contributed by atoms with Crippen LogP contribution in [-0.4, -0.2) is 73.9 Å². The maximum Gasteiger partial charge on any atom is 0.243 e. The highest BCUT2D eigenvalue weighted by molar-refractivity contribution is 7.89. The topological polar surface area (TPSA) is 43.9 Å². The van der Waals surface area contributed by atoms with E-state index in [0.29, 0.717) is 35.1 Å². The molecule has 2 aliphatic rings. The molecule has 0 unspecified atom stereocenters. The Morgan fingerprint density at radius 2 is 1.69 bits per heavy atom. The van der Waals surface area contributed by atoms with Gasteiger partial charge in [-0.1, -0.05) is 18.0 Å². The van der Waals surface area contributed by atoms with Crippen LogP contribution in [0.5, 0.6) is 0 Å². The molecule has 0 radical (unpaired) electrons. The molecule has 1 aromatic carbocycles. The van der Waals surface area contributed by atoms with Gasteiger partial charge in [0, 0.05) is 49.8 Å². The zero-order valence-corrected chi connectivity index (χ0v) is 17.3. The van der Waals surface area contributed by atoms with Crippen molar-refractivity contribution in [1.82, 2.24) is 14.1 Å². The molecule has 0 amide bonds. The number of halogens is 1. The quantitative estimate of drug-likeness (QED) is 0.763. The molecule has 1 aromatic rings. The number of sulfonamides is 1. The Morgan fingerprint density at radius 1 is 1.04 bits per heavy atom. The number of benzene rings is 1. The SMILES string of the molecule is CC(C)N1CCCC[C@H]1CN1CCN(S(=O)(=O)c2ccc(Cl)cc2)CC1. The second-order valence-electron chi connectivity index (χ2n) is 7.64. The van der Waals surface area contributed by atoms with Crippen LogP contribution in [0.15, 0.2) is 29.2 Å². The number of rotatable bonds is 5. The van der Waals surface area contributed by atoms with E-state index < -0.39 is 10.0 Å². The van der Waals surface area contributed by atoms with Crippen LogP contribution in [0.4, 0.5) is 0 Å². The number of hydrogen-bond acceptors (Lipinski definition) is 4. The average Bonchev–Trinajstić information content (AvgIpc) is 2.63. The van der Waals surface area contributed by atoms with Gasteiger partial charge in [0.1, 0.15) is 0 Å². The highest BCUT2D eigenvalue weighted by Crippen LogP contribution is 2.23. The van der Waals surface area contributed by atoms with E-state index in [2.05, 4.69) is 23.6 Å². The van der Waals surface area contributed by atoms with Crippen LogP contribution in [0.3, 0.4) is 0 Å². The molecule has 2 saturated heterocycles. The third-order valence-electron chi connectivity index (χ3n) is 5.59. The second kappa shape index (κ2) is 8.57. The van der Waals surface area contributed by atoms with E-state index in [9.17, 15) is 8.42 Å². The molecule has 1 atom stereocenters. The van der Waals surface area contributed by atoms with Crippen molar-refractivity contribution in [2.45, 2.75) is 50.1 Å². The fourth-order valence-electron chi connectivity index (χ4n) is 4.10. The number of piperidine rings is 1. The first-order valence-corrected chi connectivity index (χ1v) is 11.4. The van der Waals surface area contributed by atoms with Crippen molar-refractivity contribution in [2.24, 2.45) is 0 Å². The molecule has 26 heavy (non-hydrogen) atoms. The number of likely N-dealkylation sites (tertiary alicyclic amines) is 1. The molecule has 146 valence electrons. The molecule has 3 rings (SSSR count). The lowest BCUT2D eigenvalue weighted by atomic mass is 9.99. The summed E-state index contributed by atoms with van der Waals surface area (Å²) in [5.74, 6) is 0. The van der Waals surface area contributed by atoms with E-state index in [1.54, 1.807) is 28.6 Å². The van der Waals surface area contributed by atoms with Crippen molar-refractivity contribution in [2.75, 3.05) is 39.3 Å². The summed E-state index contributed by atoms with van der Waals surface area (Å²) in [5.41, 5.74) is 0. The lowest BCUT2D eigenvalue weighted by Gasteiger charge is -2.43. The lowest BCUT2D eigenvalue weighted by Crippen LogP contribution is -2.54. The van der Waals surface area contributed by atoms with Crippen molar-refractivity contribution in [3.63, 3.8) is 0 Å². The number of piperazine rings is 1. The summed E-state index contributed by atoms with van der Waals surface area (Å²) in [4.78, 5) is 5.37. The van der Waals surface area contributed by atoms with E-state index in [1.165, 1.54) is 25.8 Å². The molecule has 7 heteroatoms. The molecule has 0 saturated carbocycles. The van der Waals surface area contributed by atoms with Gasteiger partial charge in [0.25, 0.3) is 0 Å². The molecule has 0 aromatic heterocycles. The number of hydrogen-bond donors (Lipinski definition) is 0. The van der Waals surface area contributed by atoms with Crippen molar-refractivity contribution in [1.29, 1.82) is 0 Å². The summed E-state index contributed by atoms with van der Waals surface area (Å²) in [5, 5.41) is 0.552. The van der Waals surface area contributed by atoms with Crippen LogP contribution < -0.4 is 0 Å². The molecule has 2 fully saturated rings. The van der Waals surface area contributed by atoms with Gasteiger partial charge in [-0.2, -0.15) is 4.31 Å². The zero-order chi connectivity index (χ0) is 18.7. The molecule has 2 heterocycles. The van der Waals surface area contributed by atoms with Gasteiger partial charge in [-0.3, -0.25) is 9.80 Å². The van der Waals surface area contributed by atoms with E-state index >= 15 is 0 Å². The maximum atomic E-state index is 12.8. The Hall–Kier alpha value is -0.660. The van der Waals surface area contributed by atoms with Crippen LogP contribution in [0, 0.1) is 0 Å². The number of nitrogens with zero attached hydrogens (tertiary/aromatic N) is 3. The van der Waals surface area contributed by atoms with Crippen LogP contribution in [0.1, 0.15) is 33.1 Å². The monoisotopic (exact) mass is 399 g/mol. The minimum absolute atomic E-state index is 0.327. The van der Waals surface area contributed by atoms with Crippen LogP contribution in [0.25, 0.3) is 0 Å². The zero-order valence-electron chi connectivity index (χ0n) is 15.8. The van der Waals surface area contributed by atoms with E-state index in [1.807, 2.05) is 0 Å². The minimum Gasteiger partial charge on any atom is -0.299 e. The van der Waals surface area contributed by atoms with Gasteiger partial charge in [-0.05, 0) is 57.5 Å². The first kappa shape index (κ1) is 20.1. The molecule has 5 nitrogen and oxygen atoms in total. The molecule has 0 N–H and O–H groups in total. The Kier molecular flexibility index (Phi) is 6.62. The Bertz CT molecular complexity index is 685. The highest BCUT2D eigenvalue weighted by Gasteiger charge is 2.31. The summed E-state index contributed by atoms with van der Waals surface area (Å²) in [6.45, 7) is 9.49. The first-order chi connectivity index (χ1) is 12.4. The summed E-state index contributed by atoms with van der Waals surface area (Å²) in [6.07, 6.45) is 3.85. The largest absolute Gasteiger partial charge is 0.299 e. The van der Waals surface area contributed by atoms with Gasteiger partial charge in [0.2, 0.25) is 10.0 Å². The summed E-state index contributed by atoms with van der Waals surface area (Å²) in [7, 11) is -3.42. The van der Waals surface area contributed by atoms with Gasteiger partial charge in [-0.25, -0.2) is 8.42 Å². The van der Waals surface area contributed by atoms with Gasteiger partial charge in [0.05, 0.1) is 4.90 Å². The van der Waals surface area contributed by atoms with E-state index in [-0.39, 0.29) is 0 Å². The molecule has 0 aliphatic carbocycles. The fraction of sp³-hybridized carbons (Fsp3) is 0.684. The van der Waals surface area contributed by atoms with Crippen molar-refractivity contribution in [3.8, 4) is 0 Å². The van der Waals surface area contributed by atoms with Crippen molar-refractivity contribution >= 4 is 21.6 Å². The summed E-state index contributed by atoms with van der Waals surface area (Å²) < 4.78 is 27.2. The first-order valence-electron chi connectivity index (χ1n) is 9.62. The Balaban J connectivity index is 1.57. The predicted molar refractivity (Wildman–Crippen MR) is 106 cm³/mol. The molecule has 0 bridgehead atoms. The summed E-state index contributed by atoms with van der Waals surface area (Å²) >= 11 is 5.87. The normalized spacial score (nSPS) is 24.2. The molecular formula is C19H30ClN3O2S. The Morgan fingerprint density at radius 3 is 2.31 bits per heavy atom.